The first-order chi connectivity index (χ1) is 11.0. The van der Waals surface area contributed by atoms with Crippen LogP contribution in [0.4, 0.5) is 11.8 Å². The average Bonchev–Trinajstić information content (AvgIpc) is 2.53. The van der Waals surface area contributed by atoms with Crippen molar-refractivity contribution in [3.8, 4) is 0 Å². The molecule has 0 bridgehead atoms. The molecule has 0 aliphatic carbocycles. The van der Waals surface area contributed by atoms with Crippen molar-refractivity contribution in [3.05, 3.63) is 48.7 Å². The van der Waals surface area contributed by atoms with Gasteiger partial charge in [-0.25, -0.2) is 13.6 Å². The Morgan fingerprint density at radius 2 is 1.96 bits per heavy atom. The molecule has 122 valence electrons. The zero-order valence-corrected chi connectivity index (χ0v) is 13.3. The molecule has 2 aromatic rings. The smallest absolute Gasteiger partial charge is 0.244 e. The Morgan fingerprint density at radius 3 is 2.61 bits per heavy atom. The number of primary sulfonamides is 1. The number of benzene rings is 1. The van der Waals surface area contributed by atoms with E-state index in [1.54, 1.807) is 18.2 Å². The number of anilines is 2. The van der Waals surface area contributed by atoms with Crippen LogP contribution in [0.2, 0.25) is 0 Å². The lowest BCUT2D eigenvalue weighted by Crippen LogP contribution is -2.12. The number of nitrogens with two attached hydrogens (primary N) is 1. The van der Waals surface area contributed by atoms with Crippen molar-refractivity contribution >= 4 is 21.8 Å². The number of hydrogen-bond donors (Lipinski definition) is 3. The largest absolute Gasteiger partial charge is 0.368 e. The van der Waals surface area contributed by atoms with Crippen molar-refractivity contribution in [2.75, 3.05) is 23.7 Å². The van der Waals surface area contributed by atoms with Gasteiger partial charge in [-0.1, -0.05) is 18.2 Å². The summed E-state index contributed by atoms with van der Waals surface area (Å²) in [7, 11) is -3.65. The minimum Gasteiger partial charge on any atom is -0.368 e. The number of sulfonamides is 1. The summed E-state index contributed by atoms with van der Waals surface area (Å²) in [4.78, 5) is 4.35. The van der Waals surface area contributed by atoms with Crippen LogP contribution < -0.4 is 15.8 Å². The normalized spacial score (nSPS) is 11.0. The molecule has 8 nitrogen and oxygen atoms in total. The van der Waals surface area contributed by atoms with E-state index in [4.69, 9.17) is 5.14 Å². The zero-order chi connectivity index (χ0) is 16.7. The van der Waals surface area contributed by atoms with E-state index >= 15 is 0 Å². The van der Waals surface area contributed by atoms with Gasteiger partial charge < -0.3 is 10.6 Å². The summed E-state index contributed by atoms with van der Waals surface area (Å²) in [5.41, 5.74) is 0.983. The Morgan fingerprint density at radius 1 is 1.22 bits per heavy atom. The van der Waals surface area contributed by atoms with Crippen molar-refractivity contribution in [2.24, 2.45) is 5.14 Å². The van der Waals surface area contributed by atoms with Gasteiger partial charge in [-0.05, 0) is 24.1 Å². The molecule has 0 saturated heterocycles. The van der Waals surface area contributed by atoms with Gasteiger partial charge in [0.15, 0.2) is 5.82 Å². The second kappa shape index (κ2) is 7.65. The van der Waals surface area contributed by atoms with Crippen LogP contribution >= 0.6 is 0 Å². The van der Waals surface area contributed by atoms with E-state index in [0.717, 1.165) is 5.56 Å². The molecule has 2 rings (SSSR count). The van der Waals surface area contributed by atoms with Crippen LogP contribution in [0.1, 0.15) is 5.56 Å². The van der Waals surface area contributed by atoms with Gasteiger partial charge >= 0.3 is 0 Å². The maximum absolute atomic E-state index is 11.2. The summed E-state index contributed by atoms with van der Waals surface area (Å²) in [6.45, 7) is 4.78. The Balaban J connectivity index is 1.88. The SMILES string of the molecule is C=CCNc1nncc(NCCc2ccc(S(N)(=O)=O)cc2)n1. The lowest BCUT2D eigenvalue weighted by molar-refractivity contribution is 0.598. The Labute approximate surface area is 134 Å². The molecule has 0 atom stereocenters. The summed E-state index contributed by atoms with van der Waals surface area (Å²) in [6.07, 6.45) is 3.93. The number of rotatable bonds is 8. The maximum atomic E-state index is 11.2. The van der Waals surface area contributed by atoms with E-state index in [9.17, 15) is 8.42 Å². The Hall–Kier alpha value is -2.52. The summed E-state index contributed by atoms with van der Waals surface area (Å²) >= 11 is 0. The molecule has 0 amide bonds. The molecule has 1 aromatic heterocycles. The Bertz CT molecular complexity index is 761. The van der Waals surface area contributed by atoms with Gasteiger partial charge in [-0.15, -0.1) is 11.7 Å². The molecule has 0 aliphatic heterocycles. The monoisotopic (exact) mass is 334 g/mol. The molecule has 23 heavy (non-hydrogen) atoms. The van der Waals surface area contributed by atoms with E-state index in [1.165, 1.54) is 18.3 Å². The number of nitrogens with zero attached hydrogens (tertiary/aromatic N) is 3. The van der Waals surface area contributed by atoms with E-state index in [-0.39, 0.29) is 4.90 Å². The molecular weight excluding hydrogens is 316 g/mol. The first-order valence-corrected chi connectivity index (χ1v) is 8.44. The maximum Gasteiger partial charge on any atom is 0.244 e. The molecule has 1 aromatic carbocycles. The fourth-order valence-corrected chi connectivity index (χ4v) is 2.32. The van der Waals surface area contributed by atoms with Crippen LogP contribution in [0, 0.1) is 0 Å². The van der Waals surface area contributed by atoms with Gasteiger partial charge in [-0.3, -0.25) is 0 Å². The van der Waals surface area contributed by atoms with Crippen LogP contribution in [0.25, 0.3) is 0 Å². The summed E-state index contributed by atoms with van der Waals surface area (Å²) in [5.74, 6) is 1.03. The molecule has 0 fully saturated rings. The Kier molecular flexibility index (Phi) is 5.61. The lowest BCUT2D eigenvalue weighted by Gasteiger charge is -2.07. The molecule has 0 saturated carbocycles. The van der Waals surface area contributed by atoms with Gasteiger partial charge in [0, 0.05) is 13.1 Å². The first-order valence-electron chi connectivity index (χ1n) is 6.89. The van der Waals surface area contributed by atoms with Crippen molar-refractivity contribution in [2.45, 2.75) is 11.3 Å². The molecule has 0 aliphatic rings. The summed E-state index contributed by atoms with van der Waals surface area (Å²) < 4.78 is 22.4. The molecule has 4 N–H and O–H groups in total. The van der Waals surface area contributed by atoms with Crippen molar-refractivity contribution < 1.29 is 8.42 Å². The summed E-state index contributed by atoms with van der Waals surface area (Å²) in [5, 5.41) is 18.8. The van der Waals surface area contributed by atoms with Crippen LogP contribution in [0.15, 0.2) is 48.0 Å². The quantitative estimate of drug-likeness (QED) is 0.609. The second-order valence-electron chi connectivity index (χ2n) is 4.70. The predicted molar refractivity (Wildman–Crippen MR) is 88.5 cm³/mol. The molecule has 9 heteroatoms. The number of nitrogens with one attached hydrogen (secondary N) is 2. The third-order valence-corrected chi connectivity index (χ3v) is 3.86. The first kappa shape index (κ1) is 16.8. The van der Waals surface area contributed by atoms with Crippen molar-refractivity contribution in [3.63, 3.8) is 0 Å². The van der Waals surface area contributed by atoms with E-state index < -0.39 is 10.0 Å². The molecule has 0 unspecified atom stereocenters. The third kappa shape index (κ3) is 5.31. The van der Waals surface area contributed by atoms with E-state index in [2.05, 4.69) is 32.4 Å². The van der Waals surface area contributed by atoms with Crippen LogP contribution in [-0.4, -0.2) is 36.7 Å². The predicted octanol–water partition coefficient (Wildman–Crippen LogP) is 0.771. The van der Waals surface area contributed by atoms with Crippen LogP contribution in [-0.2, 0) is 16.4 Å². The molecule has 0 spiro atoms. The number of aromatic nitrogens is 3. The highest BCUT2D eigenvalue weighted by molar-refractivity contribution is 7.89. The van der Waals surface area contributed by atoms with E-state index in [0.29, 0.717) is 31.3 Å². The van der Waals surface area contributed by atoms with Gasteiger partial charge in [0.2, 0.25) is 16.0 Å². The zero-order valence-electron chi connectivity index (χ0n) is 12.4. The van der Waals surface area contributed by atoms with Crippen LogP contribution in [0.3, 0.4) is 0 Å². The highest BCUT2D eigenvalue weighted by atomic mass is 32.2. The molecule has 1 heterocycles. The number of hydrogen-bond acceptors (Lipinski definition) is 7. The highest BCUT2D eigenvalue weighted by Gasteiger charge is 2.06. The fraction of sp³-hybridized carbons (Fsp3) is 0.214. The minimum atomic E-state index is -3.65. The van der Waals surface area contributed by atoms with Gasteiger partial charge in [0.05, 0.1) is 11.1 Å². The van der Waals surface area contributed by atoms with Crippen molar-refractivity contribution in [1.82, 2.24) is 15.2 Å². The fourth-order valence-electron chi connectivity index (χ4n) is 1.81. The van der Waals surface area contributed by atoms with Crippen molar-refractivity contribution in [1.29, 1.82) is 0 Å². The third-order valence-electron chi connectivity index (χ3n) is 2.94. The van der Waals surface area contributed by atoms with Gasteiger partial charge in [0.1, 0.15) is 0 Å². The lowest BCUT2D eigenvalue weighted by atomic mass is 10.1. The highest BCUT2D eigenvalue weighted by Crippen LogP contribution is 2.10. The van der Waals surface area contributed by atoms with Crippen LogP contribution in [0.5, 0.6) is 0 Å². The topological polar surface area (TPSA) is 123 Å². The minimum absolute atomic E-state index is 0.104. The summed E-state index contributed by atoms with van der Waals surface area (Å²) in [6, 6.07) is 6.45. The molecular formula is C14H18N6O2S. The average molecular weight is 334 g/mol. The molecule has 0 radical (unpaired) electrons. The van der Waals surface area contributed by atoms with Gasteiger partial charge in [0.25, 0.3) is 0 Å². The van der Waals surface area contributed by atoms with E-state index in [1.807, 2.05) is 0 Å². The van der Waals surface area contributed by atoms with Gasteiger partial charge in [-0.2, -0.15) is 10.1 Å². The second-order valence-corrected chi connectivity index (χ2v) is 6.26. The standard InChI is InChI=1S/C14H18N6O2S/c1-2-8-17-14-19-13(10-18-20-14)16-9-7-11-3-5-12(6-4-11)23(15,21)22/h2-6,10H,1,7-9H2,(H2,15,21,22)(H2,16,17,19,20).